The fourth-order valence-electron chi connectivity index (χ4n) is 4.16. The van der Waals surface area contributed by atoms with E-state index in [-0.39, 0.29) is 47.9 Å². The zero-order chi connectivity index (χ0) is 24.0. The molecular weight excluding hydrogens is 463 g/mol. The molecule has 1 aromatic carbocycles. The summed E-state index contributed by atoms with van der Waals surface area (Å²) < 4.78 is 4.36. The van der Waals surface area contributed by atoms with Gasteiger partial charge in [0.2, 0.25) is 0 Å². The van der Waals surface area contributed by atoms with Crippen molar-refractivity contribution >= 4 is 27.5 Å². The van der Waals surface area contributed by atoms with Crippen LogP contribution in [0.3, 0.4) is 0 Å². The molecule has 4 rings (SSSR count). The van der Waals surface area contributed by atoms with Crippen molar-refractivity contribution in [1.29, 1.82) is 0 Å². The first-order valence-electron chi connectivity index (χ1n) is 10.7. The minimum Gasteiger partial charge on any atom is -1.00 e. The van der Waals surface area contributed by atoms with Crippen molar-refractivity contribution in [3.05, 3.63) is 78.6 Å². The van der Waals surface area contributed by atoms with Crippen molar-refractivity contribution in [3.63, 3.8) is 0 Å². The molecule has 3 heterocycles. The summed E-state index contributed by atoms with van der Waals surface area (Å²) >= 11 is 1.21. The number of carboxylic acids is 1. The number of aryl methyl sites for hydroxylation is 1. The van der Waals surface area contributed by atoms with E-state index in [9.17, 15) is 19.5 Å². The van der Waals surface area contributed by atoms with Gasteiger partial charge in [-0.2, -0.15) is 5.10 Å². The van der Waals surface area contributed by atoms with E-state index in [2.05, 4.69) is 5.10 Å². The normalized spacial score (nSPS) is 11.2. The zero-order valence-corrected chi connectivity index (χ0v) is 23.1. The van der Waals surface area contributed by atoms with Gasteiger partial charge in [0.1, 0.15) is 4.83 Å². The van der Waals surface area contributed by atoms with Crippen LogP contribution in [0.1, 0.15) is 47.5 Å². The van der Waals surface area contributed by atoms with Crippen molar-refractivity contribution in [3.8, 4) is 5.69 Å². The Morgan fingerprint density at radius 2 is 1.82 bits per heavy atom. The van der Waals surface area contributed by atoms with Crippen LogP contribution in [0.4, 0.5) is 0 Å². The third kappa shape index (κ3) is 4.45. The molecule has 174 valence electrons. The number of rotatable bonds is 6. The largest absolute Gasteiger partial charge is 1.00 e. The van der Waals surface area contributed by atoms with Gasteiger partial charge in [-0.05, 0) is 31.9 Å². The van der Waals surface area contributed by atoms with E-state index >= 15 is 0 Å². The maximum Gasteiger partial charge on any atom is 1.00 e. The van der Waals surface area contributed by atoms with Crippen LogP contribution in [-0.2, 0) is 20.0 Å². The molecule has 0 spiro atoms. The predicted molar refractivity (Wildman–Crippen MR) is 130 cm³/mol. The second kappa shape index (κ2) is 10.0. The van der Waals surface area contributed by atoms with E-state index < -0.39 is 17.2 Å². The molecular formula is C24H27N4NaO4S. The monoisotopic (exact) mass is 490 g/mol. The number of carboxylic acid groups (broad SMARTS) is 1. The minimum absolute atomic E-state index is 0. The van der Waals surface area contributed by atoms with E-state index in [0.29, 0.717) is 22.7 Å². The van der Waals surface area contributed by atoms with Crippen molar-refractivity contribution in [2.24, 2.45) is 13.0 Å². The first-order valence-corrected chi connectivity index (χ1v) is 11.5. The van der Waals surface area contributed by atoms with Crippen molar-refractivity contribution in [2.75, 3.05) is 0 Å². The summed E-state index contributed by atoms with van der Waals surface area (Å²) in [5.74, 6) is -1.02. The molecule has 0 aliphatic heterocycles. The molecule has 1 N–H and O–H groups in total. The molecule has 0 amide bonds. The van der Waals surface area contributed by atoms with Crippen LogP contribution < -0.4 is 40.8 Å². The summed E-state index contributed by atoms with van der Waals surface area (Å²) in [6, 6.07) is 9.72. The van der Waals surface area contributed by atoms with Crippen LogP contribution in [0.5, 0.6) is 0 Å². The van der Waals surface area contributed by atoms with Crippen LogP contribution >= 0.6 is 11.3 Å². The Bertz CT molecular complexity index is 1500. The number of carbonyl (C=O) groups is 1. The van der Waals surface area contributed by atoms with Gasteiger partial charge < -0.3 is 6.53 Å². The number of benzene rings is 1. The van der Waals surface area contributed by atoms with E-state index in [4.69, 9.17) is 0 Å². The van der Waals surface area contributed by atoms with Gasteiger partial charge in [-0.3, -0.25) is 13.9 Å². The third-order valence-electron chi connectivity index (χ3n) is 5.78. The number of hydrogen-bond donors (Lipinski definition) is 1. The fraction of sp³-hybridized carbons (Fsp3) is 0.333. The predicted octanol–water partition coefficient (Wildman–Crippen LogP) is 0.626. The van der Waals surface area contributed by atoms with Crippen molar-refractivity contribution in [2.45, 2.75) is 40.7 Å². The smallest absolute Gasteiger partial charge is 1.00 e. The van der Waals surface area contributed by atoms with Gasteiger partial charge in [-0.25, -0.2) is 14.3 Å². The summed E-state index contributed by atoms with van der Waals surface area (Å²) in [6.07, 6.45) is 0.310. The van der Waals surface area contributed by atoms with Gasteiger partial charge in [-0.1, -0.05) is 32.0 Å². The topological polar surface area (TPSA) is 99.1 Å². The standard InChI is InChI=1S/C24H26N4O4S.Na.H/c1-13(2)12-27-22-20(21(29)26(5)24(27)32)19(23(30)31)18(33-22)11-17-14(3)25-28(15(17)4)16-9-7-6-8-10-16;;/h6-10,13H,11-12H2,1-5H3,(H,30,31);;/q;+1;-1. The molecule has 0 atom stereocenters. The molecule has 0 radical (unpaired) electrons. The summed E-state index contributed by atoms with van der Waals surface area (Å²) in [6.45, 7) is 8.18. The average molecular weight is 491 g/mol. The van der Waals surface area contributed by atoms with Gasteiger partial charge in [0.25, 0.3) is 5.56 Å². The molecule has 4 aromatic rings. The maximum atomic E-state index is 13.0. The minimum atomic E-state index is -1.17. The SMILES string of the molecule is Cc1nn(-c2ccccc2)c(C)c1Cc1sc2c(c1C(=O)O)c(=O)n(C)c(=O)n2CC(C)C.[H-].[Na+]. The van der Waals surface area contributed by atoms with Crippen LogP contribution in [0.15, 0.2) is 39.9 Å². The zero-order valence-electron chi connectivity index (χ0n) is 21.2. The number of para-hydroxylation sites is 1. The van der Waals surface area contributed by atoms with Gasteiger partial charge in [-0.15, -0.1) is 11.3 Å². The summed E-state index contributed by atoms with van der Waals surface area (Å²) in [7, 11) is 1.39. The Morgan fingerprint density at radius 3 is 2.41 bits per heavy atom. The molecule has 34 heavy (non-hydrogen) atoms. The average Bonchev–Trinajstić information content (AvgIpc) is 3.29. The molecule has 0 bridgehead atoms. The molecule has 3 aromatic heterocycles. The summed E-state index contributed by atoms with van der Waals surface area (Å²) in [5.41, 5.74) is 2.47. The number of fused-ring (bicyclic) bond motifs is 1. The van der Waals surface area contributed by atoms with Gasteiger partial charge in [0.15, 0.2) is 0 Å². The number of nitrogens with zero attached hydrogens (tertiary/aromatic N) is 4. The van der Waals surface area contributed by atoms with Crippen molar-refractivity contribution < 1.29 is 40.9 Å². The quantitative estimate of drug-likeness (QED) is 0.400. The van der Waals surface area contributed by atoms with E-state index in [1.54, 1.807) is 0 Å². The third-order valence-corrected chi connectivity index (χ3v) is 7.00. The number of aromatic carboxylic acids is 1. The Morgan fingerprint density at radius 1 is 1.18 bits per heavy atom. The Kier molecular flexibility index (Phi) is 7.72. The van der Waals surface area contributed by atoms with Crippen LogP contribution in [-0.4, -0.2) is 30.0 Å². The van der Waals surface area contributed by atoms with E-state index in [1.165, 1.54) is 23.0 Å². The number of thiophene rings is 1. The molecule has 10 heteroatoms. The molecule has 8 nitrogen and oxygen atoms in total. The second-order valence-corrected chi connectivity index (χ2v) is 9.69. The van der Waals surface area contributed by atoms with Crippen LogP contribution in [0, 0.1) is 19.8 Å². The molecule has 0 fully saturated rings. The van der Waals surface area contributed by atoms with Crippen LogP contribution in [0.25, 0.3) is 15.9 Å². The Balaban J connectivity index is 0.00000216. The van der Waals surface area contributed by atoms with Gasteiger partial charge in [0, 0.05) is 36.1 Å². The van der Waals surface area contributed by atoms with Crippen molar-refractivity contribution in [1.82, 2.24) is 18.9 Å². The molecule has 0 saturated heterocycles. The van der Waals surface area contributed by atoms with Gasteiger partial charge in [0.05, 0.1) is 22.3 Å². The van der Waals surface area contributed by atoms with Gasteiger partial charge >= 0.3 is 41.2 Å². The molecule has 0 saturated carbocycles. The first-order chi connectivity index (χ1) is 15.6. The van der Waals surface area contributed by atoms with E-state index in [0.717, 1.165) is 27.2 Å². The molecule has 0 aliphatic carbocycles. The van der Waals surface area contributed by atoms with Crippen LogP contribution in [0.2, 0.25) is 0 Å². The fourth-order valence-corrected chi connectivity index (χ4v) is 5.46. The Labute approximate surface area is 224 Å². The number of aromatic nitrogens is 4. The summed E-state index contributed by atoms with van der Waals surface area (Å²) in [5, 5.41) is 14.8. The Hall–Kier alpha value is -2.46. The van der Waals surface area contributed by atoms with E-state index in [1.807, 2.05) is 62.7 Å². The summed E-state index contributed by atoms with van der Waals surface area (Å²) in [4.78, 5) is 39.1. The first kappa shape index (κ1) is 26.2. The second-order valence-electron chi connectivity index (χ2n) is 8.61. The number of hydrogen-bond acceptors (Lipinski definition) is 5. The molecule has 0 unspecified atom stereocenters. The maximum absolute atomic E-state index is 13.0. The molecule has 0 aliphatic rings.